The number of likely N-dealkylation sites (tertiary alicyclic amines) is 2. The van der Waals surface area contributed by atoms with Crippen molar-refractivity contribution in [3.05, 3.63) is 59.9 Å². The van der Waals surface area contributed by atoms with Gasteiger partial charge in [-0.15, -0.1) is 0 Å². The number of aromatic amines is 1. The van der Waals surface area contributed by atoms with E-state index in [-0.39, 0.29) is 36.4 Å². The number of carbonyl (C=O) groups is 2. The number of amides is 2. The highest BCUT2D eigenvalue weighted by atomic mass is 16.5. The lowest BCUT2D eigenvalue weighted by atomic mass is 9.96. The first kappa shape index (κ1) is 23.4. The van der Waals surface area contributed by atoms with E-state index in [1.54, 1.807) is 24.3 Å². The molecular formula is C28H34N4O3. The maximum atomic E-state index is 13.2. The van der Waals surface area contributed by atoms with Crippen LogP contribution in [0.2, 0.25) is 0 Å². The topological polar surface area (TPSA) is 78.5 Å². The van der Waals surface area contributed by atoms with Gasteiger partial charge in [-0.3, -0.25) is 9.59 Å². The van der Waals surface area contributed by atoms with Crippen LogP contribution in [0.1, 0.15) is 68.1 Å². The van der Waals surface area contributed by atoms with Gasteiger partial charge in [-0.1, -0.05) is 12.1 Å². The number of para-hydroxylation sites is 2. The van der Waals surface area contributed by atoms with E-state index in [1.165, 1.54) is 6.42 Å². The molecular weight excluding hydrogens is 440 g/mol. The van der Waals surface area contributed by atoms with Gasteiger partial charge in [0.15, 0.2) is 6.61 Å². The molecule has 3 unspecified atom stereocenters. The highest BCUT2D eigenvalue weighted by Crippen LogP contribution is 2.28. The van der Waals surface area contributed by atoms with E-state index in [0.29, 0.717) is 17.9 Å². The number of aromatic nitrogens is 2. The Morgan fingerprint density at radius 3 is 2.49 bits per heavy atom. The van der Waals surface area contributed by atoms with E-state index in [4.69, 9.17) is 9.72 Å². The number of benzene rings is 2. The molecule has 3 heterocycles. The second-order valence-electron chi connectivity index (χ2n) is 9.97. The van der Waals surface area contributed by atoms with E-state index in [1.807, 2.05) is 34.1 Å². The number of piperidine rings is 2. The number of fused-ring (bicyclic) bond motifs is 1. The van der Waals surface area contributed by atoms with Gasteiger partial charge in [0.25, 0.3) is 11.8 Å². The first-order chi connectivity index (χ1) is 17.0. The Hall–Kier alpha value is -3.35. The number of carbonyl (C=O) groups excluding carboxylic acids is 2. The summed E-state index contributed by atoms with van der Waals surface area (Å²) in [4.78, 5) is 38.0. The molecule has 3 atom stereocenters. The summed E-state index contributed by atoms with van der Waals surface area (Å²) in [6.07, 6.45) is 5.21. The Morgan fingerprint density at radius 2 is 1.74 bits per heavy atom. The van der Waals surface area contributed by atoms with Crippen molar-refractivity contribution in [1.29, 1.82) is 0 Å². The van der Waals surface area contributed by atoms with Gasteiger partial charge in [-0.25, -0.2) is 4.98 Å². The molecule has 1 N–H and O–H groups in total. The Balaban J connectivity index is 1.18. The average Bonchev–Trinajstić information content (AvgIpc) is 3.32. The Labute approximate surface area is 206 Å². The molecule has 2 amide bonds. The molecule has 2 aliphatic heterocycles. The van der Waals surface area contributed by atoms with Crippen molar-refractivity contribution < 1.29 is 14.3 Å². The van der Waals surface area contributed by atoms with Gasteiger partial charge in [-0.2, -0.15) is 0 Å². The molecule has 184 valence electrons. The summed E-state index contributed by atoms with van der Waals surface area (Å²) in [5.41, 5.74) is 2.63. The molecule has 7 heteroatoms. The normalized spacial score (nSPS) is 22.9. The van der Waals surface area contributed by atoms with Gasteiger partial charge < -0.3 is 19.5 Å². The monoisotopic (exact) mass is 474 g/mol. The van der Waals surface area contributed by atoms with Crippen LogP contribution >= 0.6 is 0 Å². The summed E-state index contributed by atoms with van der Waals surface area (Å²) < 4.78 is 5.77. The van der Waals surface area contributed by atoms with Crippen molar-refractivity contribution in [3.8, 4) is 5.75 Å². The van der Waals surface area contributed by atoms with Gasteiger partial charge in [-0.05, 0) is 82.3 Å². The van der Waals surface area contributed by atoms with Crippen LogP contribution < -0.4 is 4.74 Å². The second kappa shape index (κ2) is 10.1. The molecule has 3 aromatic rings. The van der Waals surface area contributed by atoms with Crippen LogP contribution in [0.25, 0.3) is 11.0 Å². The van der Waals surface area contributed by atoms with Gasteiger partial charge in [0.1, 0.15) is 11.6 Å². The zero-order chi connectivity index (χ0) is 24.4. The van der Waals surface area contributed by atoms with Gasteiger partial charge in [0.05, 0.1) is 11.0 Å². The Bertz CT molecular complexity index is 1150. The van der Waals surface area contributed by atoms with Gasteiger partial charge in [0.2, 0.25) is 0 Å². The second-order valence-corrected chi connectivity index (χ2v) is 9.97. The van der Waals surface area contributed by atoms with Crippen LogP contribution in [0.3, 0.4) is 0 Å². The summed E-state index contributed by atoms with van der Waals surface area (Å²) in [5.74, 6) is 1.80. The quantitative estimate of drug-likeness (QED) is 0.579. The molecule has 7 nitrogen and oxygen atoms in total. The van der Waals surface area contributed by atoms with Crippen LogP contribution in [0.15, 0.2) is 48.5 Å². The van der Waals surface area contributed by atoms with E-state index in [2.05, 4.69) is 18.8 Å². The lowest BCUT2D eigenvalue weighted by Gasteiger charge is -2.38. The van der Waals surface area contributed by atoms with Crippen LogP contribution in [-0.4, -0.2) is 63.4 Å². The third-order valence-corrected chi connectivity index (χ3v) is 7.45. The predicted molar refractivity (Wildman–Crippen MR) is 136 cm³/mol. The van der Waals surface area contributed by atoms with Crippen LogP contribution in [0.5, 0.6) is 5.75 Å². The third-order valence-electron chi connectivity index (χ3n) is 7.45. The number of nitrogens with zero attached hydrogens (tertiary/aromatic N) is 3. The van der Waals surface area contributed by atoms with Gasteiger partial charge >= 0.3 is 0 Å². The molecule has 0 radical (unpaired) electrons. The van der Waals surface area contributed by atoms with Crippen molar-refractivity contribution in [3.63, 3.8) is 0 Å². The molecule has 5 rings (SSSR count). The highest BCUT2D eigenvalue weighted by molar-refractivity contribution is 5.94. The zero-order valence-electron chi connectivity index (χ0n) is 20.6. The minimum atomic E-state index is 0.0180. The summed E-state index contributed by atoms with van der Waals surface area (Å²) in [7, 11) is 0. The van der Waals surface area contributed by atoms with E-state index in [9.17, 15) is 9.59 Å². The number of imidazole rings is 1. The maximum absolute atomic E-state index is 13.2. The number of H-pyrrole nitrogens is 1. The lowest BCUT2D eigenvalue weighted by Crippen LogP contribution is -2.49. The number of nitrogens with one attached hydrogen (secondary N) is 1. The molecule has 0 saturated carbocycles. The Morgan fingerprint density at radius 1 is 1.00 bits per heavy atom. The van der Waals surface area contributed by atoms with Crippen molar-refractivity contribution in [2.45, 2.75) is 64.0 Å². The summed E-state index contributed by atoms with van der Waals surface area (Å²) >= 11 is 0. The number of rotatable bonds is 5. The molecule has 2 fully saturated rings. The molecule has 2 aromatic carbocycles. The number of hydrogen-bond donors (Lipinski definition) is 1. The molecule has 0 bridgehead atoms. The summed E-state index contributed by atoms with van der Waals surface area (Å²) in [5, 5.41) is 0. The minimum absolute atomic E-state index is 0.0180. The van der Waals surface area contributed by atoms with E-state index in [0.717, 1.165) is 49.1 Å². The first-order valence-corrected chi connectivity index (χ1v) is 12.8. The molecule has 2 saturated heterocycles. The highest BCUT2D eigenvalue weighted by Gasteiger charge is 2.29. The van der Waals surface area contributed by atoms with Crippen molar-refractivity contribution >= 4 is 22.8 Å². The summed E-state index contributed by atoms with van der Waals surface area (Å²) in [6.45, 7) is 5.63. The molecule has 0 spiro atoms. The van der Waals surface area contributed by atoms with Crippen LogP contribution in [0, 0.1) is 0 Å². The van der Waals surface area contributed by atoms with Crippen molar-refractivity contribution in [2.24, 2.45) is 0 Å². The van der Waals surface area contributed by atoms with Crippen molar-refractivity contribution in [2.75, 3.05) is 19.7 Å². The third kappa shape index (κ3) is 5.04. The van der Waals surface area contributed by atoms with Crippen LogP contribution in [0.4, 0.5) is 0 Å². The SMILES string of the molecule is CC1CCCC(C)N1C(=O)COc1ccc(C(=O)N2CCCC(c3nc4ccccc4[nH]3)C2)cc1. The van der Waals surface area contributed by atoms with Crippen molar-refractivity contribution in [1.82, 2.24) is 19.8 Å². The van der Waals surface area contributed by atoms with Gasteiger partial charge in [0, 0.05) is 36.7 Å². The summed E-state index contributed by atoms with van der Waals surface area (Å²) in [6, 6.07) is 15.7. The average molecular weight is 475 g/mol. The molecule has 35 heavy (non-hydrogen) atoms. The number of hydrogen-bond acceptors (Lipinski definition) is 4. The smallest absolute Gasteiger partial charge is 0.260 e. The molecule has 0 aliphatic carbocycles. The number of ether oxygens (including phenoxy) is 1. The maximum Gasteiger partial charge on any atom is 0.260 e. The predicted octanol–water partition coefficient (Wildman–Crippen LogP) is 4.75. The molecule has 2 aliphatic rings. The zero-order valence-corrected chi connectivity index (χ0v) is 20.6. The fourth-order valence-corrected chi connectivity index (χ4v) is 5.56. The largest absolute Gasteiger partial charge is 0.484 e. The van der Waals surface area contributed by atoms with E-state index < -0.39 is 0 Å². The lowest BCUT2D eigenvalue weighted by molar-refractivity contribution is -0.139. The first-order valence-electron chi connectivity index (χ1n) is 12.8. The van der Waals surface area contributed by atoms with Crippen LogP contribution in [-0.2, 0) is 4.79 Å². The Kier molecular flexibility index (Phi) is 6.75. The fourth-order valence-electron chi connectivity index (χ4n) is 5.56. The minimum Gasteiger partial charge on any atom is -0.484 e. The van der Waals surface area contributed by atoms with E-state index >= 15 is 0 Å². The standard InChI is InChI=1S/C28H34N4O3/c1-19-7-5-8-20(2)32(19)26(33)18-35-23-14-12-21(13-15-23)28(34)31-16-6-9-22(17-31)27-29-24-10-3-4-11-25(24)30-27/h3-4,10-15,19-20,22H,5-9,16-18H2,1-2H3,(H,29,30). The fraction of sp³-hybridized carbons (Fsp3) is 0.464. The molecule has 1 aromatic heterocycles.